The van der Waals surface area contributed by atoms with Gasteiger partial charge < -0.3 is 14.8 Å². The number of nitrogens with one attached hydrogen (secondary N) is 1. The molecule has 1 N–H and O–H groups in total. The summed E-state index contributed by atoms with van der Waals surface area (Å²) in [5, 5.41) is 2.86. The first-order chi connectivity index (χ1) is 14.5. The van der Waals surface area contributed by atoms with Crippen molar-refractivity contribution < 1.29 is 19.1 Å². The Labute approximate surface area is 178 Å². The van der Waals surface area contributed by atoms with E-state index in [9.17, 15) is 9.59 Å². The fourth-order valence-corrected chi connectivity index (χ4v) is 3.59. The van der Waals surface area contributed by atoms with E-state index in [0.717, 1.165) is 42.6 Å². The number of rotatable bonds is 8. The third kappa shape index (κ3) is 6.61. The van der Waals surface area contributed by atoms with E-state index in [-0.39, 0.29) is 18.0 Å². The number of carbonyl (C=O) groups is 2. The molecule has 0 unspecified atom stereocenters. The van der Waals surface area contributed by atoms with E-state index in [0.29, 0.717) is 30.7 Å². The molecule has 1 saturated carbocycles. The van der Waals surface area contributed by atoms with Gasteiger partial charge in [0.05, 0.1) is 12.2 Å². The highest BCUT2D eigenvalue weighted by molar-refractivity contribution is 5.93. The van der Waals surface area contributed by atoms with Gasteiger partial charge >= 0.3 is 5.97 Å². The van der Waals surface area contributed by atoms with Gasteiger partial charge in [-0.25, -0.2) is 4.79 Å². The minimum absolute atomic E-state index is 0.0384. The standard InChI is InChI=1S/C25H31NO4/c1-18-10-11-19(2)23(17-18)29-16-6-9-24(27)26-21-14-12-20(13-15-21)25(28)30-22-7-4-3-5-8-22/h10-15,17,22H,3-9,16H2,1-2H3,(H,26,27). The summed E-state index contributed by atoms with van der Waals surface area (Å²) in [5.74, 6) is 0.506. The smallest absolute Gasteiger partial charge is 0.338 e. The molecule has 2 aromatic carbocycles. The molecule has 1 aliphatic carbocycles. The molecule has 0 atom stereocenters. The third-order valence-corrected chi connectivity index (χ3v) is 5.38. The summed E-state index contributed by atoms with van der Waals surface area (Å²) in [6.07, 6.45) is 6.41. The van der Waals surface area contributed by atoms with Crippen LogP contribution in [0.1, 0.15) is 66.4 Å². The number of esters is 1. The minimum Gasteiger partial charge on any atom is -0.493 e. The number of hydrogen-bond donors (Lipinski definition) is 1. The lowest BCUT2D eigenvalue weighted by molar-refractivity contribution is -0.116. The van der Waals surface area contributed by atoms with Crippen molar-refractivity contribution in [1.82, 2.24) is 0 Å². The molecular formula is C25H31NO4. The molecule has 1 aliphatic rings. The van der Waals surface area contributed by atoms with Gasteiger partial charge in [0.1, 0.15) is 11.9 Å². The van der Waals surface area contributed by atoms with Crippen LogP contribution < -0.4 is 10.1 Å². The van der Waals surface area contributed by atoms with Crippen molar-refractivity contribution in [3.63, 3.8) is 0 Å². The van der Waals surface area contributed by atoms with Crippen LogP contribution in [0.3, 0.4) is 0 Å². The first kappa shape index (κ1) is 21.9. The average Bonchev–Trinajstić information content (AvgIpc) is 2.75. The largest absolute Gasteiger partial charge is 0.493 e. The van der Waals surface area contributed by atoms with E-state index < -0.39 is 0 Å². The lowest BCUT2D eigenvalue weighted by Gasteiger charge is -2.21. The van der Waals surface area contributed by atoms with Crippen LogP contribution in [-0.4, -0.2) is 24.6 Å². The Bertz CT molecular complexity index is 854. The van der Waals surface area contributed by atoms with Crippen molar-refractivity contribution in [1.29, 1.82) is 0 Å². The van der Waals surface area contributed by atoms with Crippen molar-refractivity contribution in [2.75, 3.05) is 11.9 Å². The third-order valence-electron chi connectivity index (χ3n) is 5.38. The van der Waals surface area contributed by atoms with Gasteiger partial charge in [-0.05, 0) is 87.4 Å². The van der Waals surface area contributed by atoms with Gasteiger partial charge in [-0.1, -0.05) is 18.6 Å². The number of carbonyl (C=O) groups excluding carboxylic acids is 2. The lowest BCUT2D eigenvalue weighted by Crippen LogP contribution is -2.21. The Kier molecular flexibility index (Phi) is 7.89. The Balaban J connectivity index is 1.39. The summed E-state index contributed by atoms with van der Waals surface area (Å²) in [7, 11) is 0. The highest BCUT2D eigenvalue weighted by Gasteiger charge is 2.18. The van der Waals surface area contributed by atoms with E-state index in [1.54, 1.807) is 24.3 Å². The Morgan fingerprint density at radius 3 is 2.47 bits per heavy atom. The van der Waals surface area contributed by atoms with E-state index in [2.05, 4.69) is 11.4 Å². The molecular weight excluding hydrogens is 378 g/mol. The molecule has 30 heavy (non-hydrogen) atoms. The van der Waals surface area contributed by atoms with Crippen LogP contribution in [0.5, 0.6) is 5.75 Å². The fourth-order valence-electron chi connectivity index (χ4n) is 3.59. The van der Waals surface area contributed by atoms with Crippen molar-refractivity contribution in [2.45, 2.75) is 64.9 Å². The van der Waals surface area contributed by atoms with Crippen LogP contribution >= 0.6 is 0 Å². The van der Waals surface area contributed by atoms with E-state index in [4.69, 9.17) is 9.47 Å². The highest BCUT2D eigenvalue weighted by atomic mass is 16.5. The zero-order chi connectivity index (χ0) is 21.3. The fraction of sp³-hybridized carbons (Fsp3) is 0.440. The number of hydrogen-bond acceptors (Lipinski definition) is 4. The number of benzene rings is 2. The maximum Gasteiger partial charge on any atom is 0.338 e. The van der Waals surface area contributed by atoms with Crippen LogP contribution in [0.4, 0.5) is 5.69 Å². The number of anilines is 1. The van der Waals surface area contributed by atoms with Gasteiger partial charge in [-0.3, -0.25) is 4.79 Å². The van der Waals surface area contributed by atoms with Crippen molar-refractivity contribution >= 4 is 17.6 Å². The number of aryl methyl sites for hydroxylation is 2. The van der Waals surface area contributed by atoms with Crippen molar-refractivity contribution in [3.05, 3.63) is 59.2 Å². The highest BCUT2D eigenvalue weighted by Crippen LogP contribution is 2.22. The maximum absolute atomic E-state index is 12.3. The van der Waals surface area contributed by atoms with Gasteiger partial charge in [0.15, 0.2) is 0 Å². The monoisotopic (exact) mass is 409 g/mol. The van der Waals surface area contributed by atoms with Gasteiger partial charge in [0, 0.05) is 12.1 Å². The molecule has 0 bridgehead atoms. The van der Waals surface area contributed by atoms with Crippen LogP contribution in [0, 0.1) is 13.8 Å². The quantitative estimate of drug-likeness (QED) is 0.456. The van der Waals surface area contributed by atoms with Gasteiger partial charge in [-0.15, -0.1) is 0 Å². The van der Waals surface area contributed by atoms with E-state index in [1.165, 1.54) is 6.42 Å². The second-order valence-corrected chi connectivity index (χ2v) is 8.01. The molecule has 0 spiro atoms. The van der Waals surface area contributed by atoms with Crippen molar-refractivity contribution in [3.8, 4) is 5.75 Å². The van der Waals surface area contributed by atoms with Crippen LogP contribution in [0.15, 0.2) is 42.5 Å². The molecule has 0 heterocycles. The molecule has 1 amide bonds. The molecule has 0 radical (unpaired) electrons. The summed E-state index contributed by atoms with van der Waals surface area (Å²) in [6.45, 7) is 4.53. The molecule has 0 aliphatic heterocycles. The van der Waals surface area contributed by atoms with Crippen molar-refractivity contribution in [2.24, 2.45) is 0 Å². The first-order valence-electron chi connectivity index (χ1n) is 10.8. The SMILES string of the molecule is Cc1ccc(C)c(OCCCC(=O)Nc2ccc(C(=O)OC3CCCCC3)cc2)c1. The zero-order valence-corrected chi connectivity index (χ0v) is 17.9. The normalized spacial score (nSPS) is 14.2. The molecule has 0 aromatic heterocycles. The van der Waals surface area contributed by atoms with Crippen LogP contribution in [-0.2, 0) is 9.53 Å². The predicted molar refractivity (Wildman–Crippen MR) is 118 cm³/mol. The zero-order valence-electron chi connectivity index (χ0n) is 17.9. The summed E-state index contributed by atoms with van der Waals surface area (Å²) >= 11 is 0. The minimum atomic E-state index is -0.289. The average molecular weight is 410 g/mol. The maximum atomic E-state index is 12.3. The summed E-state index contributed by atoms with van der Waals surface area (Å²) in [6, 6.07) is 13.0. The molecule has 3 rings (SSSR count). The Morgan fingerprint density at radius 2 is 1.73 bits per heavy atom. The second kappa shape index (κ2) is 10.8. The summed E-state index contributed by atoms with van der Waals surface area (Å²) in [5.41, 5.74) is 3.43. The lowest BCUT2D eigenvalue weighted by atomic mass is 9.98. The number of amides is 1. The van der Waals surface area contributed by atoms with E-state index in [1.807, 2.05) is 26.0 Å². The Hall–Kier alpha value is -2.82. The van der Waals surface area contributed by atoms with Gasteiger partial charge in [-0.2, -0.15) is 0 Å². The molecule has 1 fully saturated rings. The molecule has 5 nitrogen and oxygen atoms in total. The number of ether oxygens (including phenoxy) is 2. The Morgan fingerprint density at radius 1 is 1.00 bits per heavy atom. The van der Waals surface area contributed by atoms with Gasteiger partial charge in [0.25, 0.3) is 0 Å². The summed E-state index contributed by atoms with van der Waals surface area (Å²) < 4.78 is 11.4. The van der Waals surface area contributed by atoms with Crippen LogP contribution in [0.25, 0.3) is 0 Å². The summed E-state index contributed by atoms with van der Waals surface area (Å²) in [4.78, 5) is 24.4. The molecule has 5 heteroatoms. The van der Waals surface area contributed by atoms with Gasteiger partial charge in [0.2, 0.25) is 5.91 Å². The first-order valence-corrected chi connectivity index (χ1v) is 10.8. The second-order valence-electron chi connectivity index (χ2n) is 8.01. The van der Waals surface area contributed by atoms with E-state index >= 15 is 0 Å². The molecule has 160 valence electrons. The molecule has 2 aromatic rings. The van der Waals surface area contributed by atoms with Crippen LogP contribution in [0.2, 0.25) is 0 Å². The topological polar surface area (TPSA) is 64.6 Å². The predicted octanol–water partition coefficient (Wildman–Crippen LogP) is 5.59. The molecule has 0 saturated heterocycles.